The van der Waals surface area contributed by atoms with Gasteiger partial charge in [-0.25, -0.2) is 4.68 Å². The van der Waals surface area contributed by atoms with Crippen molar-refractivity contribution in [2.75, 3.05) is 0 Å². The quantitative estimate of drug-likeness (QED) is 0.763. The molecule has 85 valence electrons. The first-order valence-electron chi connectivity index (χ1n) is 4.56. The summed E-state index contributed by atoms with van der Waals surface area (Å²) in [6.45, 7) is 0. The largest absolute Gasteiger partial charge is 0.435 e. The van der Waals surface area contributed by atoms with E-state index in [1.807, 2.05) is 6.07 Å². The van der Waals surface area contributed by atoms with Crippen molar-refractivity contribution in [2.24, 2.45) is 0 Å². The molecular formula is C11H5F3N3. The third-order valence-electron chi connectivity index (χ3n) is 2.04. The van der Waals surface area contributed by atoms with Gasteiger partial charge in [-0.2, -0.15) is 23.5 Å². The van der Waals surface area contributed by atoms with Crippen LogP contribution in [0.4, 0.5) is 13.2 Å². The van der Waals surface area contributed by atoms with Crippen LogP contribution in [0.3, 0.4) is 0 Å². The van der Waals surface area contributed by atoms with Gasteiger partial charge in [0.2, 0.25) is 0 Å². The van der Waals surface area contributed by atoms with Crippen LogP contribution in [-0.4, -0.2) is 9.78 Å². The molecule has 0 spiro atoms. The summed E-state index contributed by atoms with van der Waals surface area (Å²) in [4.78, 5) is 0. The van der Waals surface area contributed by atoms with E-state index in [9.17, 15) is 13.2 Å². The normalized spacial score (nSPS) is 11.2. The third-order valence-corrected chi connectivity index (χ3v) is 2.04. The predicted molar refractivity (Wildman–Crippen MR) is 52.1 cm³/mol. The highest BCUT2D eigenvalue weighted by Gasteiger charge is 2.33. The summed E-state index contributed by atoms with van der Waals surface area (Å²) < 4.78 is 37.9. The lowest BCUT2D eigenvalue weighted by atomic mass is 10.2. The fourth-order valence-corrected chi connectivity index (χ4v) is 1.27. The predicted octanol–water partition coefficient (Wildman–Crippen LogP) is 2.56. The Morgan fingerprint density at radius 3 is 2.71 bits per heavy atom. The van der Waals surface area contributed by atoms with E-state index in [4.69, 9.17) is 5.26 Å². The van der Waals surface area contributed by atoms with Crippen molar-refractivity contribution in [3.8, 4) is 11.8 Å². The van der Waals surface area contributed by atoms with E-state index < -0.39 is 11.9 Å². The minimum absolute atomic E-state index is 0.347. The van der Waals surface area contributed by atoms with Crippen LogP contribution in [0.2, 0.25) is 0 Å². The lowest BCUT2D eigenvalue weighted by molar-refractivity contribution is -0.141. The average molecular weight is 236 g/mol. The molecule has 0 unspecified atom stereocenters. The van der Waals surface area contributed by atoms with Gasteiger partial charge >= 0.3 is 6.18 Å². The van der Waals surface area contributed by atoms with Gasteiger partial charge in [-0.15, -0.1) is 0 Å². The van der Waals surface area contributed by atoms with E-state index in [1.54, 1.807) is 18.2 Å². The van der Waals surface area contributed by atoms with Gasteiger partial charge in [0.25, 0.3) is 0 Å². The molecule has 0 aliphatic heterocycles. The maximum atomic E-state index is 12.3. The molecule has 17 heavy (non-hydrogen) atoms. The molecule has 1 aromatic carbocycles. The van der Waals surface area contributed by atoms with Crippen LogP contribution in [0.5, 0.6) is 0 Å². The zero-order valence-electron chi connectivity index (χ0n) is 8.36. The van der Waals surface area contributed by atoms with Gasteiger partial charge in [0.05, 0.1) is 23.5 Å². The summed E-state index contributed by atoms with van der Waals surface area (Å²) in [5.74, 6) is 0. The standard InChI is InChI=1S/C11H5F3N3/c12-11(13,14)10-4-5-17(16-10)9-3-1-2-8(6-9)7-15/h1-4,6H. The van der Waals surface area contributed by atoms with Crippen LogP contribution in [0.1, 0.15) is 11.3 Å². The van der Waals surface area contributed by atoms with Crippen molar-refractivity contribution in [1.82, 2.24) is 9.78 Å². The summed E-state index contributed by atoms with van der Waals surface area (Å²) >= 11 is 0. The first-order chi connectivity index (χ1) is 8.00. The average Bonchev–Trinajstić information content (AvgIpc) is 2.78. The van der Waals surface area contributed by atoms with Crippen molar-refractivity contribution in [1.29, 1.82) is 5.26 Å². The van der Waals surface area contributed by atoms with Crippen LogP contribution in [-0.2, 0) is 6.18 Å². The summed E-state index contributed by atoms with van der Waals surface area (Å²) in [5, 5.41) is 12.0. The molecule has 0 saturated carbocycles. The summed E-state index contributed by atoms with van der Waals surface area (Å²) in [6, 6.07) is 8.76. The Hall–Kier alpha value is -2.29. The lowest BCUT2D eigenvalue weighted by Gasteiger charge is -2.02. The number of hydrogen-bond donors (Lipinski definition) is 0. The van der Waals surface area contributed by atoms with Crippen LogP contribution in [0.15, 0.2) is 30.3 Å². The number of rotatable bonds is 1. The van der Waals surface area contributed by atoms with Crippen molar-refractivity contribution in [3.63, 3.8) is 0 Å². The number of nitrogens with zero attached hydrogens (tertiary/aromatic N) is 3. The van der Waals surface area contributed by atoms with E-state index in [1.165, 1.54) is 6.07 Å². The SMILES string of the molecule is N#Cc1cccc(-n2[c]cc(C(F)(F)F)n2)c1. The van der Waals surface area contributed by atoms with Gasteiger partial charge in [-0.05, 0) is 24.3 Å². The highest BCUT2D eigenvalue weighted by atomic mass is 19.4. The zero-order valence-corrected chi connectivity index (χ0v) is 8.36. The fourth-order valence-electron chi connectivity index (χ4n) is 1.27. The first-order valence-corrected chi connectivity index (χ1v) is 4.56. The molecule has 0 saturated heterocycles. The van der Waals surface area contributed by atoms with E-state index in [0.29, 0.717) is 11.3 Å². The van der Waals surface area contributed by atoms with Gasteiger partial charge in [0.15, 0.2) is 5.69 Å². The molecule has 6 heteroatoms. The van der Waals surface area contributed by atoms with E-state index in [-0.39, 0.29) is 0 Å². The van der Waals surface area contributed by atoms with Crippen molar-refractivity contribution in [2.45, 2.75) is 6.18 Å². The Morgan fingerprint density at radius 2 is 2.12 bits per heavy atom. The molecule has 0 aliphatic rings. The number of hydrogen-bond acceptors (Lipinski definition) is 2. The summed E-state index contributed by atoms with van der Waals surface area (Å²) in [6.07, 6.45) is -2.14. The minimum Gasteiger partial charge on any atom is -0.231 e. The van der Waals surface area contributed by atoms with Gasteiger partial charge in [-0.1, -0.05) is 6.07 Å². The van der Waals surface area contributed by atoms with E-state index >= 15 is 0 Å². The van der Waals surface area contributed by atoms with Crippen molar-refractivity contribution < 1.29 is 13.2 Å². The van der Waals surface area contributed by atoms with Gasteiger partial charge in [-0.3, -0.25) is 0 Å². The van der Waals surface area contributed by atoms with E-state index in [0.717, 1.165) is 10.7 Å². The van der Waals surface area contributed by atoms with Crippen LogP contribution in [0.25, 0.3) is 5.69 Å². The minimum atomic E-state index is -4.49. The number of alkyl halides is 3. The fraction of sp³-hybridized carbons (Fsp3) is 0.0909. The van der Waals surface area contributed by atoms with Crippen LogP contribution < -0.4 is 0 Å². The molecule has 3 nitrogen and oxygen atoms in total. The monoisotopic (exact) mass is 236 g/mol. The second kappa shape index (κ2) is 3.94. The van der Waals surface area contributed by atoms with Crippen molar-refractivity contribution >= 4 is 0 Å². The molecule has 1 radical (unpaired) electrons. The maximum Gasteiger partial charge on any atom is 0.435 e. The molecule has 0 bridgehead atoms. The molecule has 2 aromatic rings. The highest BCUT2D eigenvalue weighted by Crippen LogP contribution is 2.27. The number of nitriles is 1. The smallest absolute Gasteiger partial charge is 0.231 e. The number of aromatic nitrogens is 2. The maximum absolute atomic E-state index is 12.3. The van der Waals surface area contributed by atoms with Crippen LogP contribution >= 0.6 is 0 Å². The molecule has 0 amide bonds. The lowest BCUT2D eigenvalue weighted by Crippen LogP contribution is -2.07. The molecule has 0 aliphatic carbocycles. The molecule has 1 aromatic heterocycles. The Labute approximate surface area is 94.7 Å². The van der Waals surface area contributed by atoms with Gasteiger partial charge < -0.3 is 0 Å². The van der Waals surface area contributed by atoms with Crippen LogP contribution in [0, 0.1) is 17.5 Å². The molecule has 0 N–H and O–H groups in total. The molecule has 0 fully saturated rings. The summed E-state index contributed by atoms with van der Waals surface area (Å²) in [5.41, 5.74) is -0.306. The highest BCUT2D eigenvalue weighted by molar-refractivity contribution is 5.40. The molecular weight excluding hydrogens is 231 g/mol. The Balaban J connectivity index is 2.41. The Kier molecular flexibility index (Phi) is 2.60. The summed E-state index contributed by atoms with van der Waals surface area (Å²) in [7, 11) is 0. The third kappa shape index (κ3) is 2.28. The second-order valence-corrected chi connectivity index (χ2v) is 3.23. The molecule has 2 rings (SSSR count). The Morgan fingerprint density at radius 1 is 1.35 bits per heavy atom. The van der Waals surface area contributed by atoms with Crippen molar-refractivity contribution in [3.05, 3.63) is 47.8 Å². The molecule has 0 atom stereocenters. The van der Waals surface area contributed by atoms with Gasteiger partial charge in [0.1, 0.15) is 0 Å². The first kappa shape index (κ1) is 11.2. The molecule has 1 heterocycles. The Bertz CT molecular complexity index is 578. The zero-order chi connectivity index (χ0) is 12.5. The van der Waals surface area contributed by atoms with E-state index in [2.05, 4.69) is 11.3 Å². The van der Waals surface area contributed by atoms with Gasteiger partial charge in [0, 0.05) is 0 Å². The number of benzene rings is 1. The topological polar surface area (TPSA) is 41.6 Å². The second-order valence-electron chi connectivity index (χ2n) is 3.23. The number of halogens is 3.